The molecule has 1 amide bonds. The third-order valence-electron chi connectivity index (χ3n) is 6.01. The number of thiophene rings is 1. The molecule has 198 valence electrons. The number of aromatic nitrogens is 3. The Bertz CT molecular complexity index is 1470. The summed E-state index contributed by atoms with van der Waals surface area (Å²) in [5.41, 5.74) is 3.62. The fourth-order valence-electron chi connectivity index (χ4n) is 3.79. The van der Waals surface area contributed by atoms with Crippen LogP contribution in [0.2, 0.25) is 0 Å². The van der Waals surface area contributed by atoms with E-state index in [0.717, 1.165) is 16.9 Å². The summed E-state index contributed by atoms with van der Waals surface area (Å²) in [5.74, 6) is 0.159. The van der Waals surface area contributed by atoms with Crippen molar-refractivity contribution in [1.29, 1.82) is 0 Å². The Balaban J connectivity index is 1.43. The van der Waals surface area contributed by atoms with Crippen molar-refractivity contribution in [1.82, 2.24) is 14.8 Å². The summed E-state index contributed by atoms with van der Waals surface area (Å²) in [6.45, 7) is 5.94. The first-order valence-electron chi connectivity index (χ1n) is 11.7. The van der Waals surface area contributed by atoms with Crippen LogP contribution in [0.1, 0.15) is 40.3 Å². The molecule has 0 bridgehead atoms. The lowest BCUT2D eigenvalue weighted by Gasteiger charge is -2.16. The minimum Gasteiger partial charge on any atom is -0.482 e. The molecule has 0 spiro atoms. The van der Waals surface area contributed by atoms with Crippen molar-refractivity contribution in [2.75, 3.05) is 18.2 Å². The highest BCUT2D eigenvalue weighted by atomic mass is 32.2. The zero-order valence-electron chi connectivity index (χ0n) is 21.6. The number of nitrogens with zero attached hydrogens (tertiary/aromatic N) is 3. The SMILES string of the molecule is COC(=O)c1c(-c2ccc(F)cc2)csc1NC(=O)CSc1nnc(C(C)Oc2cccc(C)c2C)n1C. The van der Waals surface area contributed by atoms with Gasteiger partial charge in [0.05, 0.1) is 12.9 Å². The normalized spacial score (nSPS) is 11.7. The first-order chi connectivity index (χ1) is 18.2. The van der Waals surface area contributed by atoms with Gasteiger partial charge in [0.1, 0.15) is 22.1 Å². The predicted octanol–water partition coefficient (Wildman–Crippen LogP) is 5.96. The van der Waals surface area contributed by atoms with E-state index in [2.05, 4.69) is 15.5 Å². The van der Waals surface area contributed by atoms with E-state index < -0.39 is 5.97 Å². The number of hydrogen-bond donors (Lipinski definition) is 1. The first kappa shape index (κ1) is 27.3. The van der Waals surface area contributed by atoms with Gasteiger partial charge < -0.3 is 19.4 Å². The second kappa shape index (κ2) is 11.8. The van der Waals surface area contributed by atoms with E-state index >= 15 is 0 Å². The maximum atomic E-state index is 13.4. The number of amides is 1. The zero-order chi connectivity index (χ0) is 27.4. The standard InChI is InChI=1S/C27H27FN4O4S2/c1-15-7-6-8-21(16(15)2)36-17(3)24-30-31-27(32(24)4)38-14-22(33)29-25-23(26(34)35-5)20(13-37-25)18-9-11-19(28)12-10-18/h6-13,17H,14H2,1-5H3,(H,29,33). The van der Waals surface area contributed by atoms with E-state index in [9.17, 15) is 14.0 Å². The van der Waals surface area contributed by atoms with Gasteiger partial charge in [-0.3, -0.25) is 4.79 Å². The van der Waals surface area contributed by atoms with Crippen LogP contribution < -0.4 is 10.1 Å². The Morgan fingerprint density at radius 1 is 1.16 bits per heavy atom. The predicted molar refractivity (Wildman–Crippen MR) is 146 cm³/mol. The maximum Gasteiger partial charge on any atom is 0.341 e. The molecule has 1 unspecified atom stereocenters. The fraction of sp³-hybridized carbons (Fsp3) is 0.259. The Kier molecular flexibility index (Phi) is 8.48. The number of anilines is 1. The maximum absolute atomic E-state index is 13.4. The summed E-state index contributed by atoms with van der Waals surface area (Å²) in [4.78, 5) is 25.3. The number of carbonyl (C=O) groups excluding carboxylic acids is 2. The zero-order valence-corrected chi connectivity index (χ0v) is 23.2. The molecular weight excluding hydrogens is 527 g/mol. The van der Waals surface area contributed by atoms with Crippen LogP contribution in [-0.4, -0.2) is 39.5 Å². The molecule has 4 aromatic rings. The molecule has 2 aromatic carbocycles. The quantitative estimate of drug-likeness (QED) is 0.202. The fourth-order valence-corrected chi connectivity index (χ4v) is 5.48. The van der Waals surface area contributed by atoms with Crippen molar-refractivity contribution >= 4 is 40.0 Å². The molecule has 0 aliphatic heterocycles. The van der Waals surface area contributed by atoms with Crippen molar-refractivity contribution < 1.29 is 23.5 Å². The smallest absolute Gasteiger partial charge is 0.341 e. The van der Waals surface area contributed by atoms with Gasteiger partial charge in [0, 0.05) is 18.0 Å². The van der Waals surface area contributed by atoms with Crippen molar-refractivity contribution in [3.8, 4) is 16.9 Å². The summed E-state index contributed by atoms with van der Waals surface area (Å²) in [6, 6.07) is 11.7. The number of thioether (sulfide) groups is 1. The molecule has 11 heteroatoms. The summed E-state index contributed by atoms with van der Waals surface area (Å²) in [7, 11) is 3.09. The molecule has 0 aliphatic carbocycles. The third-order valence-corrected chi connectivity index (χ3v) is 7.93. The number of carbonyl (C=O) groups is 2. The van der Waals surface area contributed by atoms with Crippen LogP contribution in [0.3, 0.4) is 0 Å². The molecule has 1 atom stereocenters. The highest BCUT2D eigenvalue weighted by molar-refractivity contribution is 7.99. The van der Waals surface area contributed by atoms with E-state index in [1.807, 2.05) is 46.0 Å². The average molecular weight is 555 g/mol. The van der Waals surface area contributed by atoms with Gasteiger partial charge in [0.2, 0.25) is 5.91 Å². The van der Waals surface area contributed by atoms with E-state index in [0.29, 0.717) is 27.1 Å². The van der Waals surface area contributed by atoms with Crippen LogP contribution in [0.4, 0.5) is 9.39 Å². The van der Waals surface area contributed by atoms with Gasteiger partial charge in [-0.15, -0.1) is 21.5 Å². The second-order valence-corrected chi connectivity index (χ2v) is 10.4. The first-order valence-corrected chi connectivity index (χ1v) is 13.6. The van der Waals surface area contributed by atoms with Crippen molar-refractivity contribution in [2.24, 2.45) is 7.05 Å². The van der Waals surface area contributed by atoms with Gasteiger partial charge in [0.15, 0.2) is 17.1 Å². The molecule has 0 aliphatic rings. The lowest BCUT2D eigenvalue weighted by atomic mass is 10.0. The number of ether oxygens (including phenoxy) is 2. The lowest BCUT2D eigenvalue weighted by molar-refractivity contribution is -0.113. The molecule has 2 aromatic heterocycles. The van der Waals surface area contributed by atoms with Crippen LogP contribution in [0.25, 0.3) is 11.1 Å². The summed E-state index contributed by atoms with van der Waals surface area (Å²) < 4.78 is 26.2. The van der Waals surface area contributed by atoms with Gasteiger partial charge >= 0.3 is 5.97 Å². The monoisotopic (exact) mass is 554 g/mol. The topological polar surface area (TPSA) is 95.3 Å². The second-order valence-electron chi connectivity index (χ2n) is 8.55. The molecule has 38 heavy (non-hydrogen) atoms. The summed E-state index contributed by atoms with van der Waals surface area (Å²) in [6.07, 6.45) is -0.352. The van der Waals surface area contributed by atoms with Crippen LogP contribution in [-0.2, 0) is 16.6 Å². The molecular formula is C27H27FN4O4S2. The highest BCUT2D eigenvalue weighted by Crippen LogP contribution is 2.36. The summed E-state index contributed by atoms with van der Waals surface area (Å²) in [5, 5.41) is 13.9. The van der Waals surface area contributed by atoms with Crippen LogP contribution in [0.15, 0.2) is 53.0 Å². The minimum absolute atomic E-state index is 0.0442. The van der Waals surface area contributed by atoms with Gasteiger partial charge in [-0.05, 0) is 55.7 Å². The van der Waals surface area contributed by atoms with Gasteiger partial charge in [-0.25, -0.2) is 9.18 Å². The van der Waals surface area contributed by atoms with Gasteiger partial charge in [-0.1, -0.05) is 36.0 Å². The van der Waals surface area contributed by atoms with Crippen molar-refractivity contribution in [2.45, 2.75) is 32.0 Å². The Labute approximate surface area is 228 Å². The van der Waals surface area contributed by atoms with Gasteiger partial charge in [0.25, 0.3) is 0 Å². The molecule has 1 N–H and O–H groups in total. The average Bonchev–Trinajstić information content (AvgIpc) is 3.48. The van der Waals surface area contributed by atoms with Crippen molar-refractivity contribution in [3.63, 3.8) is 0 Å². The number of hydrogen-bond acceptors (Lipinski definition) is 8. The molecule has 0 saturated heterocycles. The lowest BCUT2D eigenvalue weighted by Crippen LogP contribution is -2.16. The number of esters is 1. The Morgan fingerprint density at radius 2 is 1.89 bits per heavy atom. The number of rotatable bonds is 9. The number of halogens is 1. The Hall–Kier alpha value is -3.70. The summed E-state index contributed by atoms with van der Waals surface area (Å²) >= 11 is 2.42. The number of methoxy groups -OCH3 is 1. The van der Waals surface area contributed by atoms with Crippen molar-refractivity contribution in [3.05, 3.63) is 76.2 Å². The Morgan fingerprint density at radius 3 is 2.61 bits per heavy atom. The number of aryl methyl sites for hydroxylation is 1. The largest absolute Gasteiger partial charge is 0.482 e. The molecule has 0 saturated carbocycles. The number of nitrogens with one attached hydrogen (secondary N) is 1. The molecule has 0 fully saturated rings. The van der Waals surface area contributed by atoms with E-state index in [-0.39, 0.29) is 29.1 Å². The van der Waals surface area contributed by atoms with Crippen LogP contribution >= 0.6 is 23.1 Å². The van der Waals surface area contributed by atoms with Gasteiger partial charge in [-0.2, -0.15) is 0 Å². The molecule has 8 nitrogen and oxygen atoms in total. The van der Waals surface area contributed by atoms with E-state index in [1.165, 1.54) is 42.3 Å². The number of benzene rings is 2. The molecule has 2 heterocycles. The van der Waals surface area contributed by atoms with E-state index in [4.69, 9.17) is 9.47 Å². The highest BCUT2D eigenvalue weighted by Gasteiger charge is 2.23. The van der Waals surface area contributed by atoms with Crippen LogP contribution in [0.5, 0.6) is 5.75 Å². The van der Waals surface area contributed by atoms with E-state index in [1.54, 1.807) is 22.1 Å². The van der Waals surface area contributed by atoms with Crippen LogP contribution in [0, 0.1) is 19.7 Å². The molecule has 0 radical (unpaired) electrons. The molecule has 4 rings (SSSR count). The third kappa shape index (κ3) is 5.89. The minimum atomic E-state index is -0.593.